The van der Waals surface area contributed by atoms with Crippen LogP contribution in [0.1, 0.15) is 26.5 Å². The molecule has 0 saturated heterocycles. The van der Waals surface area contributed by atoms with E-state index in [1.54, 1.807) is 0 Å². The van der Waals surface area contributed by atoms with Crippen LogP contribution in [0.2, 0.25) is 0 Å². The van der Waals surface area contributed by atoms with Crippen LogP contribution in [0.3, 0.4) is 0 Å². The van der Waals surface area contributed by atoms with Gasteiger partial charge in [0.15, 0.2) is 0 Å². The van der Waals surface area contributed by atoms with Gasteiger partial charge < -0.3 is 5.32 Å². The summed E-state index contributed by atoms with van der Waals surface area (Å²) >= 11 is 0. The van der Waals surface area contributed by atoms with Gasteiger partial charge in [0, 0.05) is 24.3 Å². The minimum Gasteiger partial charge on any atom is -0.369 e. The molecule has 0 radical (unpaired) electrons. The molecule has 1 rings (SSSR count). The van der Waals surface area contributed by atoms with Crippen LogP contribution in [-0.4, -0.2) is 36.9 Å². The van der Waals surface area contributed by atoms with E-state index in [4.69, 9.17) is 0 Å². The average Bonchev–Trinajstić information content (AvgIpc) is 2.15. The fourth-order valence-electron chi connectivity index (χ4n) is 1.23. The van der Waals surface area contributed by atoms with Gasteiger partial charge in [0.05, 0.1) is 11.4 Å². The highest BCUT2D eigenvalue weighted by Crippen LogP contribution is 2.20. The van der Waals surface area contributed by atoms with Crippen LogP contribution in [0.15, 0.2) is 12.4 Å². The van der Waals surface area contributed by atoms with E-state index in [9.17, 15) is 8.42 Å². The molecule has 0 saturated carbocycles. The van der Waals surface area contributed by atoms with Crippen LogP contribution in [0.25, 0.3) is 0 Å². The molecule has 0 aliphatic heterocycles. The highest BCUT2D eigenvalue weighted by molar-refractivity contribution is 7.90. The van der Waals surface area contributed by atoms with E-state index < -0.39 is 9.84 Å². The molecule has 0 fully saturated rings. The first kappa shape index (κ1) is 13.9. The number of nitrogens with one attached hydrogen (secondary N) is 1. The summed E-state index contributed by atoms with van der Waals surface area (Å²) in [5.74, 6) is 0.760. The zero-order valence-electron chi connectivity index (χ0n) is 10.7. The lowest BCUT2D eigenvalue weighted by Crippen LogP contribution is -2.17. The minimum atomic E-state index is -2.94. The summed E-state index contributed by atoms with van der Waals surface area (Å²) in [5.41, 5.74) is 0.880. The molecule has 6 heteroatoms. The summed E-state index contributed by atoms with van der Waals surface area (Å²) in [5, 5.41) is 2.98. The zero-order chi connectivity index (χ0) is 13.1. The highest BCUT2D eigenvalue weighted by Gasteiger charge is 2.15. The maximum atomic E-state index is 11.0. The lowest BCUT2D eigenvalue weighted by molar-refractivity contribution is 0.567. The van der Waals surface area contributed by atoms with Crippen molar-refractivity contribution in [2.75, 3.05) is 23.9 Å². The first-order valence-electron chi connectivity index (χ1n) is 5.42. The van der Waals surface area contributed by atoms with Gasteiger partial charge in [-0.05, 0) is 0 Å². The number of anilines is 1. The van der Waals surface area contributed by atoms with Crippen molar-refractivity contribution in [3.8, 4) is 0 Å². The Bertz CT molecular complexity index is 478. The second-order valence-corrected chi connectivity index (χ2v) is 7.35. The molecule has 1 aromatic heterocycles. The second-order valence-electron chi connectivity index (χ2n) is 5.10. The standard InChI is InChI=1S/C11H19N3O2S/c1-11(2,3)9-7-10(14-8-13-9)12-5-6-17(4,15)16/h7-8H,5-6H2,1-4H3,(H,12,13,14). The predicted octanol–water partition coefficient (Wildman–Crippen LogP) is 1.23. The van der Waals surface area contributed by atoms with Gasteiger partial charge in [0.1, 0.15) is 22.0 Å². The Balaban J connectivity index is 2.67. The van der Waals surface area contributed by atoms with Gasteiger partial charge in [0.25, 0.3) is 0 Å². The van der Waals surface area contributed by atoms with E-state index in [1.807, 2.05) is 6.07 Å². The summed E-state index contributed by atoms with van der Waals surface area (Å²) in [6, 6.07) is 1.85. The molecule has 5 nitrogen and oxygen atoms in total. The molecule has 0 amide bonds. The van der Waals surface area contributed by atoms with Crippen LogP contribution < -0.4 is 5.32 Å². The molecule has 0 aliphatic rings. The molecule has 0 spiro atoms. The van der Waals surface area contributed by atoms with Crippen molar-refractivity contribution in [3.05, 3.63) is 18.1 Å². The predicted molar refractivity (Wildman–Crippen MR) is 68.9 cm³/mol. The molecule has 0 aliphatic carbocycles. The number of rotatable bonds is 4. The highest BCUT2D eigenvalue weighted by atomic mass is 32.2. The third-order valence-corrected chi connectivity index (χ3v) is 3.16. The van der Waals surface area contributed by atoms with Crippen molar-refractivity contribution in [1.82, 2.24) is 9.97 Å². The molecule has 17 heavy (non-hydrogen) atoms. The summed E-state index contributed by atoms with van der Waals surface area (Å²) in [6.07, 6.45) is 2.71. The van der Waals surface area contributed by atoms with Gasteiger partial charge in [0.2, 0.25) is 0 Å². The molecule has 1 N–H and O–H groups in total. The third kappa shape index (κ3) is 5.12. The van der Waals surface area contributed by atoms with Gasteiger partial charge in [-0.25, -0.2) is 18.4 Å². The number of sulfone groups is 1. The monoisotopic (exact) mass is 257 g/mol. The Labute approximate surface area is 103 Å². The molecule has 1 aromatic rings. The Kier molecular flexibility index (Phi) is 4.08. The molecule has 96 valence electrons. The van der Waals surface area contributed by atoms with Crippen molar-refractivity contribution >= 4 is 15.7 Å². The van der Waals surface area contributed by atoms with Gasteiger partial charge in [-0.15, -0.1) is 0 Å². The quantitative estimate of drug-likeness (QED) is 0.878. The Morgan fingerprint density at radius 2 is 1.94 bits per heavy atom. The minimum absolute atomic E-state index is 0.0454. The lowest BCUT2D eigenvalue weighted by atomic mass is 9.92. The molecule has 0 bridgehead atoms. The molecular weight excluding hydrogens is 238 g/mol. The Morgan fingerprint density at radius 3 is 2.47 bits per heavy atom. The fourth-order valence-corrected chi connectivity index (χ4v) is 1.70. The van der Waals surface area contributed by atoms with E-state index in [0.717, 1.165) is 5.69 Å². The number of nitrogens with zero attached hydrogens (tertiary/aromatic N) is 2. The molecule has 0 unspecified atom stereocenters. The molecular formula is C11H19N3O2S. The Hall–Kier alpha value is -1.17. The van der Waals surface area contributed by atoms with Gasteiger partial charge >= 0.3 is 0 Å². The smallest absolute Gasteiger partial charge is 0.149 e. The van der Waals surface area contributed by atoms with Gasteiger partial charge in [-0.3, -0.25) is 0 Å². The topological polar surface area (TPSA) is 72.0 Å². The van der Waals surface area contributed by atoms with Crippen LogP contribution >= 0.6 is 0 Å². The molecule has 0 atom stereocenters. The van der Waals surface area contributed by atoms with Crippen LogP contribution in [0.4, 0.5) is 5.82 Å². The van der Waals surface area contributed by atoms with Crippen LogP contribution in [0, 0.1) is 0 Å². The zero-order valence-corrected chi connectivity index (χ0v) is 11.5. The number of hydrogen-bond donors (Lipinski definition) is 1. The first-order valence-corrected chi connectivity index (χ1v) is 7.49. The maximum absolute atomic E-state index is 11.0. The van der Waals surface area contributed by atoms with E-state index in [1.165, 1.54) is 12.6 Å². The first-order chi connectivity index (χ1) is 7.68. The SMILES string of the molecule is CC(C)(C)c1cc(NCCS(C)(=O)=O)ncn1. The van der Waals surface area contributed by atoms with Crippen molar-refractivity contribution in [3.63, 3.8) is 0 Å². The van der Waals surface area contributed by atoms with Gasteiger partial charge in [-0.2, -0.15) is 0 Å². The lowest BCUT2D eigenvalue weighted by Gasteiger charge is -2.17. The fraction of sp³-hybridized carbons (Fsp3) is 0.636. The van der Waals surface area contributed by atoms with Crippen molar-refractivity contribution in [2.45, 2.75) is 26.2 Å². The third-order valence-electron chi connectivity index (χ3n) is 2.21. The normalized spacial score (nSPS) is 12.5. The summed E-state index contributed by atoms with van der Waals surface area (Å²) in [4.78, 5) is 8.25. The Morgan fingerprint density at radius 1 is 1.29 bits per heavy atom. The maximum Gasteiger partial charge on any atom is 0.149 e. The van der Waals surface area contributed by atoms with Crippen molar-refractivity contribution in [2.24, 2.45) is 0 Å². The van der Waals surface area contributed by atoms with E-state index in [-0.39, 0.29) is 11.2 Å². The molecule has 0 aromatic carbocycles. The number of hydrogen-bond acceptors (Lipinski definition) is 5. The molecule has 1 heterocycles. The van der Waals surface area contributed by atoms with Crippen molar-refractivity contribution in [1.29, 1.82) is 0 Å². The van der Waals surface area contributed by atoms with Gasteiger partial charge in [-0.1, -0.05) is 20.8 Å². The van der Waals surface area contributed by atoms with E-state index in [2.05, 4.69) is 36.1 Å². The van der Waals surface area contributed by atoms with Crippen LogP contribution in [0.5, 0.6) is 0 Å². The van der Waals surface area contributed by atoms with E-state index in [0.29, 0.717) is 12.4 Å². The summed E-state index contributed by atoms with van der Waals surface area (Å²) in [6.45, 7) is 6.56. The largest absolute Gasteiger partial charge is 0.369 e. The summed E-state index contributed by atoms with van der Waals surface area (Å²) in [7, 11) is -2.94. The van der Waals surface area contributed by atoms with E-state index >= 15 is 0 Å². The summed E-state index contributed by atoms with van der Waals surface area (Å²) < 4.78 is 21.9. The number of aromatic nitrogens is 2. The van der Waals surface area contributed by atoms with Crippen LogP contribution in [-0.2, 0) is 15.3 Å². The average molecular weight is 257 g/mol. The second kappa shape index (κ2) is 5.00. The van der Waals surface area contributed by atoms with Crippen molar-refractivity contribution < 1.29 is 8.42 Å².